The van der Waals surface area contributed by atoms with E-state index in [1.165, 1.54) is 6.92 Å². The van der Waals surface area contributed by atoms with Gasteiger partial charge >= 0.3 is 0 Å². The summed E-state index contributed by atoms with van der Waals surface area (Å²) in [4.78, 5) is 21.8. The summed E-state index contributed by atoms with van der Waals surface area (Å²) in [5.74, 6) is 2.78. The van der Waals surface area contributed by atoms with Crippen molar-refractivity contribution in [2.24, 2.45) is 0 Å². The minimum atomic E-state index is -0.490. The molecule has 33 heavy (non-hydrogen) atoms. The molecule has 4 aromatic rings. The molecule has 0 radical (unpaired) electrons. The summed E-state index contributed by atoms with van der Waals surface area (Å²) in [5, 5.41) is 4.60. The fourth-order valence-corrected chi connectivity index (χ4v) is 4.22. The number of fused-ring (bicyclic) bond motifs is 3. The van der Waals surface area contributed by atoms with E-state index >= 15 is 0 Å². The highest BCUT2D eigenvalue weighted by molar-refractivity contribution is 5.97. The zero-order chi connectivity index (χ0) is 23.1. The summed E-state index contributed by atoms with van der Waals surface area (Å²) in [7, 11) is 3.19. The van der Waals surface area contributed by atoms with Crippen LogP contribution in [0.4, 0.5) is 0 Å². The predicted molar refractivity (Wildman–Crippen MR) is 118 cm³/mol. The highest BCUT2D eigenvalue weighted by atomic mass is 16.5. The van der Waals surface area contributed by atoms with Gasteiger partial charge in [-0.1, -0.05) is 6.07 Å². The number of Topliss-reactive ketones (excluding diaryl/α,β-unsaturated/α-hetero) is 1. The largest absolute Gasteiger partial charge is 0.493 e. The third kappa shape index (κ3) is 3.51. The SMILES string of the molecule is COc1ccc(Cc2nc3c4c(ncn3n2)OC(C)=C(C(C)=O)C4c2ccco2)cc1OC. The second-order valence-corrected chi connectivity index (χ2v) is 7.70. The molecule has 0 spiro atoms. The zero-order valence-electron chi connectivity index (χ0n) is 18.7. The Morgan fingerprint density at radius 3 is 2.70 bits per heavy atom. The summed E-state index contributed by atoms with van der Waals surface area (Å²) in [6.07, 6.45) is 3.61. The third-order valence-electron chi connectivity index (χ3n) is 5.65. The normalized spacial score (nSPS) is 15.3. The van der Waals surface area contributed by atoms with Gasteiger partial charge in [0.2, 0.25) is 5.88 Å². The molecule has 0 amide bonds. The maximum Gasteiger partial charge on any atom is 0.228 e. The molecule has 0 saturated heterocycles. The van der Waals surface area contributed by atoms with Crippen LogP contribution in [0.25, 0.3) is 5.65 Å². The van der Waals surface area contributed by atoms with Crippen LogP contribution in [-0.4, -0.2) is 39.6 Å². The van der Waals surface area contributed by atoms with Crippen LogP contribution in [-0.2, 0) is 11.2 Å². The number of ether oxygens (including phenoxy) is 3. The number of allylic oxidation sites excluding steroid dienone is 2. The molecule has 168 valence electrons. The Hall–Kier alpha value is -4.14. The van der Waals surface area contributed by atoms with Gasteiger partial charge in [0.15, 0.2) is 28.8 Å². The fourth-order valence-electron chi connectivity index (χ4n) is 4.22. The molecular weight excluding hydrogens is 424 g/mol. The van der Waals surface area contributed by atoms with Crippen molar-refractivity contribution in [1.82, 2.24) is 19.6 Å². The third-order valence-corrected chi connectivity index (χ3v) is 5.65. The van der Waals surface area contributed by atoms with Crippen molar-refractivity contribution in [2.45, 2.75) is 26.2 Å². The van der Waals surface area contributed by atoms with Crippen molar-refractivity contribution in [3.63, 3.8) is 0 Å². The number of methoxy groups -OCH3 is 2. The number of aromatic nitrogens is 4. The molecule has 4 heterocycles. The lowest BCUT2D eigenvalue weighted by molar-refractivity contribution is -0.114. The van der Waals surface area contributed by atoms with E-state index in [0.29, 0.717) is 57.9 Å². The molecule has 0 saturated carbocycles. The predicted octanol–water partition coefficient (Wildman–Crippen LogP) is 3.71. The summed E-state index contributed by atoms with van der Waals surface area (Å²) < 4.78 is 23.9. The van der Waals surface area contributed by atoms with Gasteiger partial charge < -0.3 is 18.6 Å². The first-order valence-electron chi connectivity index (χ1n) is 10.4. The van der Waals surface area contributed by atoms with Crippen LogP contribution in [0.2, 0.25) is 0 Å². The van der Waals surface area contributed by atoms with Crippen LogP contribution in [0.15, 0.2) is 58.7 Å². The van der Waals surface area contributed by atoms with Gasteiger partial charge in [0.25, 0.3) is 0 Å². The van der Waals surface area contributed by atoms with Crippen LogP contribution in [0, 0.1) is 0 Å². The molecule has 0 N–H and O–H groups in total. The minimum Gasteiger partial charge on any atom is -0.493 e. The number of furan rings is 1. The number of rotatable bonds is 6. The lowest BCUT2D eigenvalue weighted by atomic mass is 9.85. The fraction of sp³-hybridized carbons (Fsp3) is 0.250. The van der Waals surface area contributed by atoms with Crippen LogP contribution < -0.4 is 14.2 Å². The number of carbonyl (C=O) groups is 1. The average Bonchev–Trinajstić information content (AvgIpc) is 3.47. The molecule has 1 aliphatic heterocycles. The summed E-state index contributed by atoms with van der Waals surface area (Å²) >= 11 is 0. The lowest BCUT2D eigenvalue weighted by Gasteiger charge is -2.26. The molecule has 3 aromatic heterocycles. The number of ketones is 1. The zero-order valence-corrected chi connectivity index (χ0v) is 18.7. The van der Waals surface area contributed by atoms with E-state index in [9.17, 15) is 4.79 Å². The van der Waals surface area contributed by atoms with Gasteiger partial charge in [-0.25, -0.2) is 14.5 Å². The van der Waals surface area contributed by atoms with Crippen LogP contribution in [0.3, 0.4) is 0 Å². The van der Waals surface area contributed by atoms with E-state index in [-0.39, 0.29) is 5.78 Å². The molecule has 0 fully saturated rings. The molecule has 0 aliphatic carbocycles. The van der Waals surface area contributed by atoms with Crippen molar-refractivity contribution in [3.05, 3.63) is 77.0 Å². The average molecular weight is 446 g/mol. The Labute approximate surface area is 189 Å². The summed E-state index contributed by atoms with van der Waals surface area (Å²) in [6.45, 7) is 3.27. The van der Waals surface area contributed by atoms with E-state index in [1.807, 2.05) is 24.3 Å². The van der Waals surface area contributed by atoms with Crippen molar-refractivity contribution < 1.29 is 23.4 Å². The Balaban J connectivity index is 1.61. The van der Waals surface area contributed by atoms with Gasteiger partial charge in [-0.05, 0) is 43.7 Å². The first kappa shape index (κ1) is 20.7. The summed E-state index contributed by atoms with van der Waals surface area (Å²) in [5.41, 5.74) is 2.68. The Morgan fingerprint density at radius 1 is 1.18 bits per heavy atom. The molecule has 1 aromatic carbocycles. The topological polar surface area (TPSA) is 101 Å². The summed E-state index contributed by atoms with van der Waals surface area (Å²) in [6, 6.07) is 9.31. The Kier molecular flexibility index (Phi) is 5.08. The number of nitrogens with zero attached hydrogens (tertiary/aromatic N) is 4. The van der Waals surface area contributed by atoms with Crippen molar-refractivity contribution in [3.8, 4) is 17.4 Å². The van der Waals surface area contributed by atoms with Crippen LogP contribution >= 0.6 is 0 Å². The van der Waals surface area contributed by atoms with Crippen LogP contribution in [0.1, 0.15) is 42.5 Å². The molecule has 9 heteroatoms. The molecule has 0 bridgehead atoms. The van der Waals surface area contributed by atoms with Crippen molar-refractivity contribution in [1.29, 1.82) is 0 Å². The van der Waals surface area contributed by atoms with E-state index in [2.05, 4.69) is 10.1 Å². The molecule has 1 atom stereocenters. The van der Waals surface area contributed by atoms with Crippen molar-refractivity contribution >= 4 is 11.4 Å². The second kappa shape index (κ2) is 8.09. The maximum absolute atomic E-state index is 12.6. The van der Waals surface area contributed by atoms with E-state index < -0.39 is 5.92 Å². The number of benzene rings is 1. The quantitative estimate of drug-likeness (QED) is 0.442. The number of hydrogen-bond acceptors (Lipinski definition) is 8. The van der Waals surface area contributed by atoms with E-state index in [0.717, 1.165) is 5.56 Å². The van der Waals surface area contributed by atoms with Gasteiger partial charge in [-0.2, -0.15) is 0 Å². The minimum absolute atomic E-state index is 0.105. The number of carbonyl (C=O) groups excluding carboxylic acids is 1. The van der Waals surface area contributed by atoms with Gasteiger partial charge in [-0.3, -0.25) is 4.79 Å². The van der Waals surface area contributed by atoms with Gasteiger partial charge in [-0.15, -0.1) is 5.10 Å². The smallest absolute Gasteiger partial charge is 0.228 e. The Morgan fingerprint density at radius 2 is 2.00 bits per heavy atom. The highest BCUT2D eigenvalue weighted by Crippen LogP contribution is 2.44. The first-order chi connectivity index (χ1) is 16.0. The molecule has 5 rings (SSSR count). The van der Waals surface area contributed by atoms with Crippen molar-refractivity contribution in [2.75, 3.05) is 14.2 Å². The van der Waals surface area contributed by atoms with Gasteiger partial charge in [0.05, 0.1) is 32.0 Å². The van der Waals surface area contributed by atoms with E-state index in [1.54, 1.807) is 44.3 Å². The number of hydrogen-bond donors (Lipinski definition) is 0. The monoisotopic (exact) mass is 446 g/mol. The van der Waals surface area contributed by atoms with Crippen LogP contribution in [0.5, 0.6) is 17.4 Å². The lowest BCUT2D eigenvalue weighted by Crippen LogP contribution is -2.21. The van der Waals surface area contributed by atoms with Gasteiger partial charge in [0.1, 0.15) is 17.8 Å². The Bertz CT molecular complexity index is 1390. The van der Waals surface area contributed by atoms with E-state index in [4.69, 9.17) is 23.6 Å². The standard InChI is InChI=1S/C24H22N4O5/c1-13(29)20-14(2)33-24-22(21(20)17-6-5-9-32-17)23-26-19(27-28(23)12-25-24)11-15-7-8-16(30-3)18(10-15)31-4/h5-10,12,21H,11H2,1-4H3. The molecule has 1 unspecified atom stereocenters. The molecular formula is C24H22N4O5. The maximum atomic E-state index is 12.6. The first-order valence-corrected chi connectivity index (χ1v) is 10.4. The molecule has 9 nitrogen and oxygen atoms in total. The molecule has 1 aliphatic rings. The highest BCUT2D eigenvalue weighted by Gasteiger charge is 2.37. The second-order valence-electron chi connectivity index (χ2n) is 7.70. The van der Waals surface area contributed by atoms with Gasteiger partial charge in [0, 0.05) is 12.0 Å².